The first-order chi connectivity index (χ1) is 9.90. The Hall–Kier alpha value is -1.14. The highest BCUT2D eigenvalue weighted by Crippen LogP contribution is 2.32. The molecule has 6 heteroatoms. The highest BCUT2D eigenvalue weighted by molar-refractivity contribution is 5.90. The number of carbonyl (C=O) groups is 2. The molecular formula is C15H25N3O3. The minimum absolute atomic E-state index is 0.119. The van der Waals surface area contributed by atoms with Crippen molar-refractivity contribution in [2.45, 2.75) is 50.9 Å². The van der Waals surface area contributed by atoms with Gasteiger partial charge in [-0.3, -0.25) is 14.5 Å². The lowest BCUT2D eigenvalue weighted by Gasteiger charge is -2.52. The van der Waals surface area contributed by atoms with E-state index < -0.39 is 12.0 Å². The summed E-state index contributed by atoms with van der Waals surface area (Å²) in [4.78, 5) is 28.7. The number of aliphatic hydroxyl groups is 1. The zero-order valence-corrected chi connectivity index (χ0v) is 13.0. The van der Waals surface area contributed by atoms with Crippen molar-refractivity contribution >= 4 is 11.8 Å². The molecule has 21 heavy (non-hydrogen) atoms. The van der Waals surface area contributed by atoms with Crippen LogP contribution < -0.4 is 5.32 Å². The van der Waals surface area contributed by atoms with Gasteiger partial charge in [0.05, 0.1) is 24.0 Å². The van der Waals surface area contributed by atoms with E-state index in [1.54, 1.807) is 6.92 Å². The number of carbonyl (C=O) groups excluding carboxylic acids is 2. The number of piperidine rings is 2. The molecule has 0 aromatic heterocycles. The lowest BCUT2D eigenvalue weighted by atomic mass is 9.77. The Morgan fingerprint density at radius 3 is 2.43 bits per heavy atom. The molecule has 2 N–H and O–H groups in total. The van der Waals surface area contributed by atoms with Crippen molar-refractivity contribution in [3.8, 4) is 0 Å². The van der Waals surface area contributed by atoms with E-state index in [1.165, 1.54) is 0 Å². The Morgan fingerprint density at radius 1 is 1.29 bits per heavy atom. The topological polar surface area (TPSA) is 72.9 Å². The van der Waals surface area contributed by atoms with Gasteiger partial charge in [-0.2, -0.15) is 0 Å². The summed E-state index contributed by atoms with van der Waals surface area (Å²) in [5, 5.41) is 12.5. The van der Waals surface area contributed by atoms with E-state index in [-0.39, 0.29) is 23.8 Å². The molecule has 4 saturated heterocycles. The maximum absolute atomic E-state index is 12.8. The fourth-order valence-corrected chi connectivity index (χ4v) is 4.10. The predicted molar refractivity (Wildman–Crippen MR) is 77.4 cm³/mol. The largest absolute Gasteiger partial charge is 0.393 e. The van der Waals surface area contributed by atoms with E-state index in [0.29, 0.717) is 12.1 Å². The minimum atomic E-state index is -0.706. The predicted octanol–water partition coefficient (Wildman–Crippen LogP) is -0.577. The van der Waals surface area contributed by atoms with E-state index in [0.717, 1.165) is 25.9 Å². The molecule has 4 heterocycles. The highest BCUT2D eigenvalue weighted by atomic mass is 16.3. The number of hydrogen-bond acceptors (Lipinski definition) is 4. The number of likely N-dealkylation sites (N-methyl/N-ethyl adjacent to an activating group) is 1. The van der Waals surface area contributed by atoms with Gasteiger partial charge in [-0.25, -0.2) is 0 Å². The first kappa shape index (κ1) is 14.8. The Kier molecular flexibility index (Phi) is 3.69. The number of nitrogens with one attached hydrogen (secondary N) is 1. The fourth-order valence-electron chi connectivity index (χ4n) is 4.10. The number of piperazine rings is 1. The zero-order valence-electron chi connectivity index (χ0n) is 13.0. The van der Waals surface area contributed by atoms with Crippen LogP contribution in [-0.4, -0.2) is 71.1 Å². The van der Waals surface area contributed by atoms with Gasteiger partial charge in [0, 0.05) is 25.2 Å². The Balaban J connectivity index is 1.67. The van der Waals surface area contributed by atoms with Crippen LogP contribution in [0.2, 0.25) is 0 Å². The molecule has 118 valence electrons. The molecule has 4 aliphatic heterocycles. The number of β-lactam (4-membered cyclic amide) rings is 1. The first-order valence-corrected chi connectivity index (χ1v) is 7.89. The number of hydrogen-bond donors (Lipinski definition) is 2. The second-order valence-electron chi connectivity index (χ2n) is 6.90. The molecule has 4 fully saturated rings. The van der Waals surface area contributed by atoms with Gasteiger partial charge in [0.15, 0.2) is 0 Å². The van der Waals surface area contributed by atoms with Gasteiger partial charge in [-0.05, 0) is 26.8 Å². The van der Waals surface area contributed by atoms with Crippen LogP contribution in [0.3, 0.4) is 0 Å². The summed E-state index contributed by atoms with van der Waals surface area (Å²) in [7, 11) is 2.12. The van der Waals surface area contributed by atoms with Crippen molar-refractivity contribution in [1.29, 1.82) is 0 Å². The van der Waals surface area contributed by atoms with E-state index in [2.05, 4.69) is 17.3 Å². The molecule has 0 spiro atoms. The Labute approximate surface area is 125 Å². The van der Waals surface area contributed by atoms with Crippen molar-refractivity contribution in [2.75, 3.05) is 20.1 Å². The molecule has 0 aromatic carbocycles. The quantitative estimate of drug-likeness (QED) is 0.684. The molecule has 2 bridgehead atoms. The van der Waals surface area contributed by atoms with Crippen molar-refractivity contribution in [1.82, 2.24) is 15.1 Å². The normalized spacial score (nSPS) is 38.7. The zero-order chi connectivity index (χ0) is 15.3. The van der Waals surface area contributed by atoms with Gasteiger partial charge in [0.25, 0.3) is 0 Å². The average Bonchev–Trinajstić information content (AvgIpc) is 2.42. The third-order valence-corrected chi connectivity index (χ3v) is 5.53. The summed E-state index contributed by atoms with van der Waals surface area (Å²) in [6.45, 7) is 5.23. The molecule has 4 rings (SSSR count). The summed E-state index contributed by atoms with van der Waals surface area (Å²) < 4.78 is 0. The summed E-state index contributed by atoms with van der Waals surface area (Å²) in [5.41, 5.74) is 0. The van der Waals surface area contributed by atoms with Gasteiger partial charge in [-0.15, -0.1) is 0 Å². The van der Waals surface area contributed by atoms with Crippen LogP contribution in [0.15, 0.2) is 0 Å². The average molecular weight is 295 g/mol. The summed E-state index contributed by atoms with van der Waals surface area (Å²) >= 11 is 0. The maximum atomic E-state index is 12.8. The number of fused-ring (bicyclic) bond motifs is 3. The summed E-state index contributed by atoms with van der Waals surface area (Å²) in [6, 6.07) is 0.536. The van der Waals surface area contributed by atoms with E-state index in [4.69, 9.17) is 0 Å². The third-order valence-electron chi connectivity index (χ3n) is 5.53. The van der Waals surface area contributed by atoms with Gasteiger partial charge < -0.3 is 15.3 Å². The molecular weight excluding hydrogens is 270 g/mol. The standard InChI is InChI=1S/C15H25N3O3/c1-8(13-12(9(2)19)14(20)16-13)15(21)18-7-10-4-5-11(18)6-17(10)3/h8-13,19H,4-7H2,1-3H3,(H,16,20)/t8-,9-,10?,11?,12-,13-/m1/s1. The number of aliphatic hydroxyl groups excluding tert-OH is 1. The summed E-state index contributed by atoms with van der Waals surface area (Å²) in [5.74, 6) is -0.747. The molecule has 0 aromatic rings. The number of rotatable bonds is 3. The Bertz CT molecular complexity index is 453. The molecule has 0 radical (unpaired) electrons. The molecule has 2 amide bonds. The van der Waals surface area contributed by atoms with Crippen molar-refractivity contribution in [2.24, 2.45) is 11.8 Å². The fraction of sp³-hybridized carbons (Fsp3) is 0.867. The smallest absolute Gasteiger partial charge is 0.228 e. The molecule has 0 aliphatic carbocycles. The number of nitrogens with zero attached hydrogens (tertiary/aromatic N) is 2. The van der Waals surface area contributed by atoms with Crippen LogP contribution >= 0.6 is 0 Å². The van der Waals surface area contributed by atoms with Gasteiger partial charge >= 0.3 is 0 Å². The van der Waals surface area contributed by atoms with Crippen LogP contribution in [0.1, 0.15) is 26.7 Å². The lowest BCUT2D eigenvalue weighted by Crippen LogP contribution is -2.69. The molecule has 6 atom stereocenters. The molecule has 4 aliphatic rings. The van der Waals surface area contributed by atoms with Crippen molar-refractivity contribution in [3.05, 3.63) is 0 Å². The Morgan fingerprint density at radius 2 is 1.95 bits per heavy atom. The van der Waals surface area contributed by atoms with Gasteiger partial charge in [0.1, 0.15) is 0 Å². The molecule has 0 saturated carbocycles. The third kappa shape index (κ3) is 2.34. The van der Waals surface area contributed by atoms with Crippen molar-refractivity contribution in [3.63, 3.8) is 0 Å². The molecule has 6 nitrogen and oxygen atoms in total. The van der Waals surface area contributed by atoms with E-state index in [1.807, 2.05) is 11.8 Å². The summed E-state index contributed by atoms with van der Waals surface area (Å²) in [6.07, 6.45) is 1.53. The van der Waals surface area contributed by atoms with Crippen LogP contribution in [0.25, 0.3) is 0 Å². The van der Waals surface area contributed by atoms with Crippen LogP contribution in [0.4, 0.5) is 0 Å². The van der Waals surface area contributed by atoms with E-state index in [9.17, 15) is 14.7 Å². The van der Waals surface area contributed by atoms with Crippen LogP contribution in [-0.2, 0) is 9.59 Å². The number of amides is 2. The monoisotopic (exact) mass is 295 g/mol. The van der Waals surface area contributed by atoms with Crippen LogP contribution in [0, 0.1) is 11.8 Å². The van der Waals surface area contributed by atoms with Gasteiger partial charge in [-0.1, -0.05) is 6.92 Å². The van der Waals surface area contributed by atoms with Crippen LogP contribution in [0.5, 0.6) is 0 Å². The maximum Gasteiger partial charge on any atom is 0.228 e. The van der Waals surface area contributed by atoms with E-state index >= 15 is 0 Å². The minimum Gasteiger partial charge on any atom is -0.393 e. The lowest BCUT2D eigenvalue weighted by molar-refractivity contribution is -0.153. The first-order valence-electron chi connectivity index (χ1n) is 7.89. The van der Waals surface area contributed by atoms with Crippen molar-refractivity contribution < 1.29 is 14.7 Å². The molecule has 2 unspecified atom stereocenters. The highest BCUT2D eigenvalue weighted by Gasteiger charge is 2.49. The second-order valence-corrected chi connectivity index (χ2v) is 6.90. The second kappa shape index (κ2) is 5.25. The SMILES string of the molecule is C[C@@H](O)[C@H]1C(=O)N[C@@H]1[C@@H](C)C(=O)N1CC2CCC1CN2C. The van der Waals surface area contributed by atoms with Gasteiger partial charge in [0.2, 0.25) is 11.8 Å².